The van der Waals surface area contributed by atoms with Gasteiger partial charge in [-0.15, -0.1) is 0 Å². The third kappa shape index (κ3) is 3.41. The van der Waals surface area contributed by atoms with Crippen molar-refractivity contribution in [2.75, 3.05) is 5.73 Å². The number of benzene rings is 1. The summed E-state index contributed by atoms with van der Waals surface area (Å²) in [7, 11) is 0. The Morgan fingerprint density at radius 3 is 2.60 bits per heavy atom. The van der Waals surface area contributed by atoms with Gasteiger partial charge in [0.25, 0.3) is 0 Å². The molecule has 2 aromatic heterocycles. The number of furan rings is 1. The molecule has 0 fully saturated rings. The van der Waals surface area contributed by atoms with E-state index in [1.165, 1.54) is 11.1 Å². The fourth-order valence-electron chi connectivity index (χ4n) is 3.22. The molecule has 126 valence electrons. The second kappa shape index (κ2) is 7.23. The van der Waals surface area contributed by atoms with Crippen molar-refractivity contribution in [3.63, 3.8) is 0 Å². The van der Waals surface area contributed by atoms with Gasteiger partial charge in [0.2, 0.25) is 0 Å². The van der Waals surface area contributed by atoms with E-state index in [-0.39, 0.29) is 5.82 Å². The topological polar surface area (TPSA) is 75.8 Å². The first-order chi connectivity index (χ1) is 12.1. The molecular weight excluding hydrogens is 310 g/mol. The van der Waals surface area contributed by atoms with Gasteiger partial charge in [-0.1, -0.05) is 24.3 Å². The molecule has 3 aromatic rings. The highest BCUT2D eigenvalue weighted by Crippen LogP contribution is 2.33. The average molecular weight is 331 g/mol. The molecule has 0 aliphatic rings. The molecule has 4 heteroatoms. The number of aromatic nitrogens is 1. The number of nitrogens with zero attached hydrogens (tertiary/aromatic N) is 2. The van der Waals surface area contributed by atoms with E-state index in [1.807, 2.05) is 19.1 Å². The van der Waals surface area contributed by atoms with E-state index in [4.69, 9.17) is 10.2 Å². The highest BCUT2D eigenvalue weighted by Gasteiger charge is 2.19. The van der Waals surface area contributed by atoms with E-state index < -0.39 is 0 Å². The van der Waals surface area contributed by atoms with E-state index in [2.05, 4.69) is 42.2 Å². The van der Waals surface area contributed by atoms with E-state index in [0.717, 1.165) is 36.1 Å². The van der Waals surface area contributed by atoms with Gasteiger partial charge in [-0.2, -0.15) is 5.26 Å². The highest BCUT2D eigenvalue weighted by atomic mass is 16.3. The summed E-state index contributed by atoms with van der Waals surface area (Å²) in [6.45, 7) is 4.07. The van der Waals surface area contributed by atoms with E-state index >= 15 is 0 Å². The van der Waals surface area contributed by atoms with Crippen molar-refractivity contribution >= 4 is 5.82 Å². The maximum absolute atomic E-state index is 9.54. The number of hydrogen-bond donors (Lipinski definition) is 1. The molecule has 0 radical (unpaired) electrons. The van der Waals surface area contributed by atoms with Crippen LogP contribution in [0.5, 0.6) is 0 Å². The number of nitrogen functional groups attached to an aromatic ring is 1. The normalized spacial score (nSPS) is 10.6. The molecule has 2 N–H and O–H groups in total. The van der Waals surface area contributed by atoms with Crippen LogP contribution in [0.25, 0.3) is 11.3 Å². The number of nitrogens with two attached hydrogens (primary N) is 1. The Morgan fingerprint density at radius 1 is 1.12 bits per heavy atom. The SMILES string of the molecule is Cc1ccccc1CCCc1c(C)nc(N)c(C#N)c1-c1ccco1. The van der Waals surface area contributed by atoms with E-state index in [9.17, 15) is 5.26 Å². The van der Waals surface area contributed by atoms with Gasteiger partial charge in [0.05, 0.1) is 6.26 Å². The van der Waals surface area contributed by atoms with Crippen LogP contribution in [0.1, 0.15) is 34.4 Å². The number of hydrogen-bond acceptors (Lipinski definition) is 4. The Bertz CT molecular complexity index is 921. The van der Waals surface area contributed by atoms with Crippen LogP contribution in [0.2, 0.25) is 0 Å². The van der Waals surface area contributed by atoms with Crippen LogP contribution in [-0.4, -0.2) is 4.98 Å². The fraction of sp³-hybridized carbons (Fsp3) is 0.238. The standard InChI is InChI=1S/C21H21N3O/c1-14-7-3-4-8-16(14)9-5-10-17-15(2)24-21(23)18(13-22)20(17)19-11-6-12-25-19/h3-4,6-8,11-12H,5,9-10H2,1-2H3,(H2,23,24). The maximum atomic E-state index is 9.54. The van der Waals surface area contributed by atoms with Crippen molar-refractivity contribution in [1.82, 2.24) is 4.98 Å². The van der Waals surface area contributed by atoms with Crippen molar-refractivity contribution in [1.29, 1.82) is 5.26 Å². The van der Waals surface area contributed by atoms with Gasteiger partial charge in [-0.25, -0.2) is 4.98 Å². The molecule has 0 saturated heterocycles. The summed E-state index contributed by atoms with van der Waals surface area (Å²) in [4.78, 5) is 4.37. The summed E-state index contributed by atoms with van der Waals surface area (Å²) >= 11 is 0. The minimum Gasteiger partial charge on any atom is -0.464 e. The van der Waals surface area contributed by atoms with Gasteiger partial charge in [0.15, 0.2) is 0 Å². The Morgan fingerprint density at radius 2 is 1.92 bits per heavy atom. The molecule has 0 atom stereocenters. The summed E-state index contributed by atoms with van der Waals surface area (Å²) in [6, 6.07) is 14.3. The molecule has 1 aromatic carbocycles. The van der Waals surface area contributed by atoms with Crippen molar-refractivity contribution < 1.29 is 4.42 Å². The van der Waals surface area contributed by atoms with Gasteiger partial charge in [0, 0.05) is 11.3 Å². The lowest BCUT2D eigenvalue weighted by atomic mass is 9.93. The number of rotatable bonds is 5. The molecule has 0 bridgehead atoms. The van der Waals surface area contributed by atoms with Crippen LogP contribution in [0.15, 0.2) is 47.1 Å². The molecule has 0 saturated carbocycles. The third-order valence-corrected chi connectivity index (χ3v) is 4.55. The first kappa shape index (κ1) is 16.8. The summed E-state index contributed by atoms with van der Waals surface area (Å²) in [6.07, 6.45) is 4.38. The molecule has 0 amide bonds. The average Bonchev–Trinajstić information content (AvgIpc) is 3.12. The predicted octanol–water partition coefficient (Wildman–Crippen LogP) is 4.59. The molecular formula is C21H21N3O. The van der Waals surface area contributed by atoms with Gasteiger partial charge in [-0.05, 0) is 61.9 Å². The Kier molecular flexibility index (Phi) is 4.85. The lowest BCUT2D eigenvalue weighted by Gasteiger charge is -2.14. The van der Waals surface area contributed by atoms with Crippen LogP contribution >= 0.6 is 0 Å². The van der Waals surface area contributed by atoms with Crippen LogP contribution < -0.4 is 5.73 Å². The molecule has 4 nitrogen and oxygen atoms in total. The van der Waals surface area contributed by atoms with Crippen molar-refractivity contribution in [2.24, 2.45) is 0 Å². The molecule has 0 unspecified atom stereocenters. The fourth-order valence-corrected chi connectivity index (χ4v) is 3.22. The molecule has 0 aliphatic carbocycles. The van der Waals surface area contributed by atoms with E-state index in [0.29, 0.717) is 11.3 Å². The number of anilines is 1. The van der Waals surface area contributed by atoms with Crippen LogP contribution in [0.4, 0.5) is 5.82 Å². The van der Waals surface area contributed by atoms with E-state index in [1.54, 1.807) is 6.26 Å². The van der Waals surface area contributed by atoms with Crippen LogP contribution in [0.3, 0.4) is 0 Å². The summed E-state index contributed by atoms with van der Waals surface area (Å²) in [5, 5.41) is 9.54. The second-order valence-corrected chi connectivity index (χ2v) is 6.18. The van der Waals surface area contributed by atoms with Gasteiger partial charge < -0.3 is 10.2 Å². The lowest BCUT2D eigenvalue weighted by Crippen LogP contribution is -2.06. The molecule has 0 spiro atoms. The minimum atomic E-state index is 0.258. The quantitative estimate of drug-likeness (QED) is 0.742. The largest absolute Gasteiger partial charge is 0.464 e. The summed E-state index contributed by atoms with van der Waals surface area (Å²) < 4.78 is 5.56. The first-order valence-electron chi connectivity index (χ1n) is 8.39. The van der Waals surface area contributed by atoms with Gasteiger partial charge in [0.1, 0.15) is 23.2 Å². The third-order valence-electron chi connectivity index (χ3n) is 4.55. The number of aryl methyl sites for hydroxylation is 3. The number of pyridine rings is 1. The zero-order chi connectivity index (χ0) is 17.8. The Balaban J connectivity index is 1.93. The zero-order valence-electron chi connectivity index (χ0n) is 14.5. The summed E-state index contributed by atoms with van der Waals surface area (Å²) in [5.74, 6) is 0.925. The first-order valence-corrected chi connectivity index (χ1v) is 8.39. The Hall–Kier alpha value is -3.06. The Labute approximate surface area is 147 Å². The van der Waals surface area contributed by atoms with Crippen molar-refractivity contribution in [3.8, 4) is 17.4 Å². The predicted molar refractivity (Wildman–Crippen MR) is 99.0 cm³/mol. The maximum Gasteiger partial charge on any atom is 0.142 e. The monoisotopic (exact) mass is 331 g/mol. The van der Waals surface area contributed by atoms with Crippen LogP contribution in [0, 0.1) is 25.2 Å². The second-order valence-electron chi connectivity index (χ2n) is 6.18. The van der Waals surface area contributed by atoms with Gasteiger partial charge >= 0.3 is 0 Å². The lowest BCUT2D eigenvalue weighted by molar-refractivity contribution is 0.581. The zero-order valence-corrected chi connectivity index (χ0v) is 14.5. The van der Waals surface area contributed by atoms with Crippen molar-refractivity contribution in [2.45, 2.75) is 33.1 Å². The highest BCUT2D eigenvalue weighted by molar-refractivity contribution is 5.76. The number of nitriles is 1. The molecule has 25 heavy (non-hydrogen) atoms. The van der Waals surface area contributed by atoms with Crippen LogP contribution in [-0.2, 0) is 12.8 Å². The minimum absolute atomic E-state index is 0.258. The molecule has 0 aliphatic heterocycles. The smallest absolute Gasteiger partial charge is 0.142 e. The molecule has 3 rings (SSSR count). The van der Waals surface area contributed by atoms with Gasteiger partial charge in [-0.3, -0.25) is 0 Å². The summed E-state index contributed by atoms with van der Waals surface area (Å²) in [5.41, 5.74) is 11.7. The van der Waals surface area contributed by atoms with Crippen molar-refractivity contribution in [3.05, 3.63) is 70.6 Å². The molecule has 2 heterocycles.